The number of fused-ring (bicyclic) bond motifs is 1. The highest BCUT2D eigenvalue weighted by molar-refractivity contribution is 5.77. The van der Waals surface area contributed by atoms with Crippen LogP contribution >= 0.6 is 0 Å². The molecule has 1 unspecified atom stereocenters. The second-order valence-electron chi connectivity index (χ2n) is 5.91. The van der Waals surface area contributed by atoms with Crippen molar-refractivity contribution in [2.75, 3.05) is 13.6 Å². The summed E-state index contributed by atoms with van der Waals surface area (Å²) in [5.74, 6) is -0.851. The number of H-pyrrole nitrogens is 1. The van der Waals surface area contributed by atoms with E-state index in [0.717, 1.165) is 18.2 Å². The maximum Gasteiger partial charge on any atom is 0.258 e. The first-order valence-electron chi connectivity index (χ1n) is 7.73. The number of nitrogens with zero attached hydrogens (tertiary/aromatic N) is 2. The fourth-order valence-electron chi connectivity index (χ4n) is 2.69. The first-order chi connectivity index (χ1) is 11.9. The van der Waals surface area contributed by atoms with Gasteiger partial charge in [-0.25, -0.2) is 13.8 Å². The molecule has 0 saturated heterocycles. The van der Waals surface area contributed by atoms with Gasteiger partial charge in [0.05, 0.1) is 23.6 Å². The highest BCUT2D eigenvalue weighted by Gasteiger charge is 2.17. The highest BCUT2D eigenvalue weighted by Crippen LogP contribution is 2.19. The molecule has 7 heteroatoms. The Bertz CT molecular complexity index is 958. The molecule has 25 heavy (non-hydrogen) atoms. The van der Waals surface area contributed by atoms with Gasteiger partial charge < -0.3 is 10.1 Å². The van der Waals surface area contributed by atoms with Crippen molar-refractivity contribution in [3.05, 3.63) is 75.8 Å². The molecule has 0 amide bonds. The minimum atomic E-state index is -1.20. The normalized spacial score (nSPS) is 12.7. The number of likely N-dealkylation sites (N-methyl/N-ethyl adjacent to an activating group) is 1. The van der Waals surface area contributed by atoms with Crippen LogP contribution in [0.25, 0.3) is 10.9 Å². The SMILES string of the molecule is CN(Cc1nc2ccccc2c(=O)[nH]1)CC(O)c1cc(F)ccc1F. The van der Waals surface area contributed by atoms with Gasteiger partial charge in [0.1, 0.15) is 17.5 Å². The summed E-state index contributed by atoms with van der Waals surface area (Å²) in [7, 11) is 1.69. The second-order valence-corrected chi connectivity index (χ2v) is 5.91. The van der Waals surface area contributed by atoms with Crippen LogP contribution in [0.4, 0.5) is 8.78 Å². The molecular formula is C18H17F2N3O2. The molecule has 1 heterocycles. The van der Waals surface area contributed by atoms with Gasteiger partial charge in [0, 0.05) is 12.1 Å². The Balaban J connectivity index is 1.75. The molecule has 0 aliphatic heterocycles. The second kappa shape index (κ2) is 7.08. The maximum absolute atomic E-state index is 13.7. The molecule has 0 fully saturated rings. The van der Waals surface area contributed by atoms with Crippen molar-refractivity contribution in [2.24, 2.45) is 0 Å². The molecule has 130 valence electrons. The number of hydrogen-bond acceptors (Lipinski definition) is 4. The molecule has 5 nitrogen and oxygen atoms in total. The summed E-state index contributed by atoms with van der Waals surface area (Å²) in [6, 6.07) is 9.93. The monoisotopic (exact) mass is 345 g/mol. The van der Waals surface area contributed by atoms with E-state index in [-0.39, 0.29) is 24.2 Å². The van der Waals surface area contributed by atoms with Crippen LogP contribution in [0, 0.1) is 11.6 Å². The molecule has 0 bridgehead atoms. The van der Waals surface area contributed by atoms with E-state index in [0.29, 0.717) is 16.7 Å². The number of para-hydroxylation sites is 1. The van der Waals surface area contributed by atoms with E-state index in [1.165, 1.54) is 0 Å². The molecule has 1 atom stereocenters. The molecule has 0 aliphatic carbocycles. The average molecular weight is 345 g/mol. The fourth-order valence-corrected chi connectivity index (χ4v) is 2.69. The predicted molar refractivity (Wildman–Crippen MR) is 90.0 cm³/mol. The standard InChI is InChI=1S/C18H17F2N3O2/c1-23(9-16(24)13-8-11(19)6-7-14(13)20)10-17-21-15-5-3-2-4-12(15)18(25)22-17/h2-8,16,24H,9-10H2,1H3,(H,21,22,25). The number of aliphatic hydroxyl groups is 1. The van der Waals surface area contributed by atoms with Crippen molar-refractivity contribution in [1.29, 1.82) is 0 Å². The van der Waals surface area contributed by atoms with E-state index >= 15 is 0 Å². The largest absolute Gasteiger partial charge is 0.387 e. The molecule has 3 rings (SSSR count). The first kappa shape index (κ1) is 17.2. The lowest BCUT2D eigenvalue weighted by atomic mass is 10.1. The number of hydrogen-bond donors (Lipinski definition) is 2. The number of nitrogens with one attached hydrogen (secondary N) is 1. The molecule has 1 aromatic heterocycles. The Labute approximate surface area is 142 Å². The molecule has 2 aromatic carbocycles. The Hall–Kier alpha value is -2.64. The van der Waals surface area contributed by atoms with Crippen molar-refractivity contribution in [1.82, 2.24) is 14.9 Å². The van der Waals surface area contributed by atoms with E-state index in [1.54, 1.807) is 36.2 Å². The van der Waals surface area contributed by atoms with E-state index in [2.05, 4.69) is 9.97 Å². The van der Waals surface area contributed by atoms with Crippen molar-refractivity contribution in [3.8, 4) is 0 Å². The summed E-state index contributed by atoms with van der Waals surface area (Å²) >= 11 is 0. The number of aliphatic hydroxyl groups excluding tert-OH is 1. The summed E-state index contributed by atoms with van der Waals surface area (Å²) in [4.78, 5) is 20.8. The van der Waals surface area contributed by atoms with Crippen LogP contribution in [-0.2, 0) is 6.54 Å². The van der Waals surface area contributed by atoms with Gasteiger partial charge in [-0.15, -0.1) is 0 Å². The molecular weight excluding hydrogens is 328 g/mol. The molecule has 3 aromatic rings. The molecule has 0 spiro atoms. The van der Waals surface area contributed by atoms with Gasteiger partial charge in [-0.2, -0.15) is 0 Å². The summed E-state index contributed by atoms with van der Waals surface area (Å²) in [6.45, 7) is 0.297. The smallest absolute Gasteiger partial charge is 0.258 e. The van der Waals surface area contributed by atoms with E-state index in [1.807, 2.05) is 0 Å². The topological polar surface area (TPSA) is 69.2 Å². The average Bonchev–Trinajstić information content (AvgIpc) is 2.57. The van der Waals surface area contributed by atoms with Gasteiger partial charge >= 0.3 is 0 Å². The molecule has 2 N–H and O–H groups in total. The third-order valence-corrected chi connectivity index (χ3v) is 3.88. The number of aromatic amines is 1. The zero-order valence-corrected chi connectivity index (χ0v) is 13.5. The quantitative estimate of drug-likeness (QED) is 0.745. The van der Waals surface area contributed by atoms with Gasteiger partial charge in [0.2, 0.25) is 0 Å². The summed E-state index contributed by atoms with van der Waals surface area (Å²) in [6.07, 6.45) is -1.20. The molecule has 0 saturated carbocycles. The minimum absolute atomic E-state index is 0.0525. The zero-order valence-electron chi connectivity index (χ0n) is 13.5. The van der Waals surface area contributed by atoms with Gasteiger partial charge in [-0.1, -0.05) is 12.1 Å². The van der Waals surface area contributed by atoms with Crippen LogP contribution in [0.1, 0.15) is 17.5 Å². The predicted octanol–water partition coefficient (Wildman–Crippen LogP) is 2.37. The van der Waals surface area contributed by atoms with E-state index in [9.17, 15) is 18.7 Å². The van der Waals surface area contributed by atoms with Crippen molar-refractivity contribution < 1.29 is 13.9 Å². The first-order valence-corrected chi connectivity index (χ1v) is 7.73. The van der Waals surface area contributed by atoms with E-state index in [4.69, 9.17) is 0 Å². The number of benzene rings is 2. The van der Waals surface area contributed by atoms with Crippen LogP contribution in [0.2, 0.25) is 0 Å². The van der Waals surface area contributed by atoms with Crippen LogP contribution in [0.3, 0.4) is 0 Å². The third-order valence-electron chi connectivity index (χ3n) is 3.88. The summed E-state index contributed by atoms with van der Waals surface area (Å²) in [5.41, 5.74) is 0.226. The number of aromatic nitrogens is 2. The Kier molecular flexibility index (Phi) is 4.87. The van der Waals surface area contributed by atoms with Gasteiger partial charge in [0.25, 0.3) is 5.56 Å². The lowest BCUT2D eigenvalue weighted by Gasteiger charge is -2.20. The lowest BCUT2D eigenvalue weighted by Crippen LogP contribution is -2.27. The van der Waals surface area contributed by atoms with E-state index < -0.39 is 17.7 Å². The van der Waals surface area contributed by atoms with Crippen molar-refractivity contribution in [2.45, 2.75) is 12.6 Å². The van der Waals surface area contributed by atoms with Gasteiger partial charge in [-0.05, 0) is 37.4 Å². The maximum atomic E-state index is 13.7. The Morgan fingerprint density at radius 2 is 2.00 bits per heavy atom. The van der Waals surface area contributed by atoms with Crippen LogP contribution in [0.5, 0.6) is 0 Å². The number of halogens is 2. The van der Waals surface area contributed by atoms with Gasteiger partial charge in [-0.3, -0.25) is 9.69 Å². The van der Waals surface area contributed by atoms with Crippen molar-refractivity contribution >= 4 is 10.9 Å². The summed E-state index contributed by atoms with van der Waals surface area (Å²) in [5, 5.41) is 10.7. The summed E-state index contributed by atoms with van der Waals surface area (Å²) < 4.78 is 27.0. The third kappa shape index (κ3) is 3.89. The lowest BCUT2D eigenvalue weighted by molar-refractivity contribution is 0.119. The van der Waals surface area contributed by atoms with Crippen LogP contribution in [-0.4, -0.2) is 33.6 Å². The highest BCUT2D eigenvalue weighted by atomic mass is 19.1. The number of rotatable bonds is 5. The molecule has 0 aliphatic rings. The minimum Gasteiger partial charge on any atom is -0.387 e. The fraction of sp³-hybridized carbons (Fsp3) is 0.222. The Morgan fingerprint density at radius 1 is 1.24 bits per heavy atom. The van der Waals surface area contributed by atoms with Crippen LogP contribution < -0.4 is 5.56 Å². The molecule has 0 radical (unpaired) electrons. The van der Waals surface area contributed by atoms with Gasteiger partial charge in [0.15, 0.2) is 0 Å². The zero-order chi connectivity index (χ0) is 18.0. The Morgan fingerprint density at radius 3 is 2.80 bits per heavy atom. The van der Waals surface area contributed by atoms with Crippen molar-refractivity contribution in [3.63, 3.8) is 0 Å². The van der Waals surface area contributed by atoms with Crippen LogP contribution in [0.15, 0.2) is 47.3 Å².